The summed E-state index contributed by atoms with van der Waals surface area (Å²) in [5.74, 6) is 0.538. The predicted octanol–water partition coefficient (Wildman–Crippen LogP) is 1.75. The number of amides is 1. The minimum absolute atomic E-state index is 0. The minimum Gasteiger partial charge on any atom is -0.360 e. The number of nitrogens with one attached hydrogen (secondary N) is 1. The average Bonchev–Trinajstić information content (AvgIpc) is 3.01. The van der Waals surface area contributed by atoms with Crippen molar-refractivity contribution >= 4 is 28.3 Å². The molecule has 3 N–H and O–H groups in total. The molecule has 2 unspecified atom stereocenters. The number of piperidine rings is 1. The second-order valence-electron chi connectivity index (χ2n) is 7.73. The summed E-state index contributed by atoms with van der Waals surface area (Å²) < 4.78 is 32.2. The molecule has 0 radical (unpaired) electrons. The number of hydrogen-bond acceptors (Lipinski definition) is 6. The fourth-order valence-corrected chi connectivity index (χ4v) is 6.07. The number of sulfonamides is 1. The summed E-state index contributed by atoms with van der Waals surface area (Å²) in [7, 11) is -3.64. The number of nitrogens with two attached hydrogens (primary N) is 1. The Morgan fingerprint density at radius 2 is 1.86 bits per heavy atom. The third kappa shape index (κ3) is 4.69. The number of aryl methyl sites for hydroxylation is 2. The third-order valence-electron chi connectivity index (χ3n) is 5.93. The Morgan fingerprint density at radius 1 is 1.21 bits per heavy atom. The molecule has 2 atom stereocenters. The van der Waals surface area contributed by atoms with E-state index in [-0.39, 0.29) is 35.2 Å². The van der Waals surface area contributed by atoms with E-state index in [0.717, 1.165) is 19.3 Å². The standard InChI is InChI=1S/C18H30N4O4S.ClH/c1-12-17(13(2)26-21-12)27(24,25)22-9-7-14(8-10-22)18(23)20-16-6-4-3-5-15(16)11-19;/h14-16H,3-11,19H2,1-2H3,(H,20,23);1H. The first-order chi connectivity index (χ1) is 12.8. The molecular weight excluding hydrogens is 404 g/mol. The summed E-state index contributed by atoms with van der Waals surface area (Å²) in [6.45, 7) is 4.48. The van der Waals surface area contributed by atoms with Crippen molar-refractivity contribution in [2.24, 2.45) is 17.6 Å². The van der Waals surface area contributed by atoms with Gasteiger partial charge in [0.25, 0.3) is 0 Å². The van der Waals surface area contributed by atoms with Crippen molar-refractivity contribution in [2.75, 3.05) is 19.6 Å². The largest absolute Gasteiger partial charge is 0.360 e. The Morgan fingerprint density at radius 3 is 2.43 bits per heavy atom. The maximum Gasteiger partial charge on any atom is 0.248 e. The van der Waals surface area contributed by atoms with Gasteiger partial charge in [-0.2, -0.15) is 4.31 Å². The van der Waals surface area contributed by atoms with E-state index in [1.54, 1.807) is 13.8 Å². The molecule has 160 valence electrons. The summed E-state index contributed by atoms with van der Waals surface area (Å²) in [4.78, 5) is 12.8. The van der Waals surface area contributed by atoms with Crippen LogP contribution in [0.3, 0.4) is 0 Å². The Labute approximate surface area is 173 Å². The molecule has 2 aliphatic rings. The highest BCUT2D eigenvalue weighted by molar-refractivity contribution is 7.89. The van der Waals surface area contributed by atoms with Gasteiger partial charge in [0.2, 0.25) is 15.9 Å². The molecule has 0 aromatic carbocycles. The van der Waals surface area contributed by atoms with Gasteiger partial charge >= 0.3 is 0 Å². The lowest BCUT2D eigenvalue weighted by molar-refractivity contribution is -0.127. The Balaban J connectivity index is 0.00000280. The lowest BCUT2D eigenvalue weighted by atomic mass is 9.84. The zero-order valence-electron chi connectivity index (χ0n) is 16.5. The van der Waals surface area contributed by atoms with Gasteiger partial charge in [-0.05, 0) is 52.0 Å². The average molecular weight is 435 g/mol. The minimum atomic E-state index is -3.64. The third-order valence-corrected chi connectivity index (χ3v) is 8.07. The van der Waals surface area contributed by atoms with E-state index < -0.39 is 10.0 Å². The molecular formula is C18H31ClN4O4S. The van der Waals surface area contributed by atoms with Crippen molar-refractivity contribution in [3.63, 3.8) is 0 Å². The number of rotatable bonds is 5. The first kappa shape index (κ1) is 23.1. The fraction of sp³-hybridized carbons (Fsp3) is 0.778. The molecule has 8 nitrogen and oxygen atoms in total. The summed E-state index contributed by atoms with van der Waals surface area (Å²) in [6, 6.07) is 0.153. The van der Waals surface area contributed by atoms with Gasteiger partial charge in [0.15, 0.2) is 5.76 Å². The molecule has 1 amide bonds. The topological polar surface area (TPSA) is 119 Å². The van der Waals surface area contributed by atoms with Crippen molar-refractivity contribution < 1.29 is 17.7 Å². The van der Waals surface area contributed by atoms with Crippen molar-refractivity contribution in [2.45, 2.75) is 63.3 Å². The first-order valence-electron chi connectivity index (χ1n) is 9.78. The summed E-state index contributed by atoms with van der Waals surface area (Å²) in [5, 5.41) is 6.92. The van der Waals surface area contributed by atoms with Crippen LogP contribution in [0, 0.1) is 25.7 Å². The van der Waals surface area contributed by atoms with Crippen molar-refractivity contribution in [3.8, 4) is 0 Å². The number of hydrogen-bond donors (Lipinski definition) is 2. The van der Waals surface area contributed by atoms with Crippen LogP contribution in [0.25, 0.3) is 0 Å². The Kier molecular flexibility index (Phi) is 7.89. The van der Waals surface area contributed by atoms with E-state index in [2.05, 4.69) is 10.5 Å². The van der Waals surface area contributed by atoms with Gasteiger partial charge < -0.3 is 15.6 Å². The molecule has 1 saturated heterocycles. The quantitative estimate of drug-likeness (QED) is 0.728. The molecule has 2 heterocycles. The highest BCUT2D eigenvalue weighted by atomic mass is 35.5. The van der Waals surface area contributed by atoms with Crippen LogP contribution in [0.2, 0.25) is 0 Å². The van der Waals surface area contributed by atoms with Crippen LogP contribution in [-0.4, -0.2) is 49.5 Å². The molecule has 1 aromatic rings. The van der Waals surface area contributed by atoms with Crippen LogP contribution in [0.4, 0.5) is 0 Å². The number of aromatic nitrogens is 1. The van der Waals surface area contributed by atoms with Crippen LogP contribution < -0.4 is 11.1 Å². The van der Waals surface area contributed by atoms with Crippen molar-refractivity contribution in [1.29, 1.82) is 0 Å². The lowest BCUT2D eigenvalue weighted by Gasteiger charge is -2.34. The van der Waals surface area contributed by atoms with Crippen LogP contribution >= 0.6 is 12.4 Å². The molecule has 3 rings (SSSR count). The molecule has 1 aliphatic carbocycles. The number of carbonyl (C=O) groups is 1. The highest BCUT2D eigenvalue weighted by Crippen LogP contribution is 2.29. The maximum atomic E-state index is 12.9. The molecule has 0 spiro atoms. The van der Waals surface area contributed by atoms with Gasteiger partial charge in [0.05, 0.1) is 0 Å². The van der Waals surface area contributed by atoms with Gasteiger partial charge in [0, 0.05) is 25.0 Å². The predicted molar refractivity (Wildman–Crippen MR) is 108 cm³/mol. The number of carbonyl (C=O) groups excluding carboxylic acids is 1. The lowest BCUT2D eigenvalue weighted by Crippen LogP contribution is -2.49. The molecule has 1 aromatic heterocycles. The Hall–Kier alpha value is -1.16. The van der Waals surface area contributed by atoms with E-state index in [1.165, 1.54) is 10.7 Å². The van der Waals surface area contributed by atoms with Crippen molar-refractivity contribution in [3.05, 3.63) is 11.5 Å². The normalized spacial score (nSPS) is 24.5. The zero-order valence-corrected chi connectivity index (χ0v) is 18.2. The molecule has 0 bridgehead atoms. The fourth-order valence-electron chi connectivity index (χ4n) is 4.31. The summed E-state index contributed by atoms with van der Waals surface area (Å²) in [5.41, 5.74) is 6.22. The van der Waals surface area contributed by atoms with Gasteiger partial charge in [0.1, 0.15) is 10.6 Å². The van der Waals surface area contributed by atoms with Crippen LogP contribution in [-0.2, 0) is 14.8 Å². The van der Waals surface area contributed by atoms with Crippen LogP contribution in [0.5, 0.6) is 0 Å². The van der Waals surface area contributed by atoms with Gasteiger partial charge in [-0.3, -0.25) is 4.79 Å². The van der Waals surface area contributed by atoms with Crippen molar-refractivity contribution in [1.82, 2.24) is 14.8 Å². The van der Waals surface area contributed by atoms with Gasteiger partial charge in [-0.1, -0.05) is 18.0 Å². The van der Waals surface area contributed by atoms with Gasteiger partial charge in [-0.15, -0.1) is 12.4 Å². The second-order valence-corrected chi connectivity index (χ2v) is 9.60. The first-order valence-corrected chi connectivity index (χ1v) is 11.2. The second kappa shape index (κ2) is 9.56. The van der Waals surface area contributed by atoms with E-state index in [4.69, 9.17) is 10.3 Å². The molecule has 28 heavy (non-hydrogen) atoms. The Bertz CT molecular complexity index is 755. The number of halogens is 1. The van der Waals surface area contributed by atoms with E-state index in [0.29, 0.717) is 49.8 Å². The maximum absolute atomic E-state index is 12.9. The molecule has 1 saturated carbocycles. The van der Waals surface area contributed by atoms with Crippen LogP contribution in [0.15, 0.2) is 9.42 Å². The van der Waals surface area contributed by atoms with E-state index in [9.17, 15) is 13.2 Å². The summed E-state index contributed by atoms with van der Waals surface area (Å²) in [6.07, 6.45) is 5.38. The van der Waals surface area contributed by atoms with Gasteiger partial charge in [-0.25, -0.2) is 8.42 Å². The smallest absolute Gasteiger partial charge is 0.248 e. The summed E-state index contributed by atoms with van der Waals surface area (Å²) >= 11 is 0. The number of nitrogens with zero attached hydrogens (tertiary/aromatic N) is 2. The molecule has 2 fully saturated rings. The van der Waals surface area contributed by atoms with Crippen LogP contribution in [0.1, 0.15) is 50.0 Å². The monoisotopic (exact) mass is 434 g/mol. The molecule has 1 aliphatic heterocycles. The highest BCUT2D eigenvalue weighted by Gasteiger charge is 2.36. The van der Waals surface area contributed by atoms with E-state index >= 15 is 0 Å². The molecule has 10 heteroatoms. The van der Waals surface area contributed by atoms with E-state index in [1.807, 2.05) is 0 Å². The zero-order chi connectivity index (χ0) is 19.6. The SMILES string of the molecule is Cc1noc(C)c1S(=O)(=O)N1CCC(C(=O)NC2CCCCC2CN)CC1.Cl.